The fourth-order valence-corrected chi connectivity index (χ4v) is 7.62. The first-order chi connectivity index (χ1) is 19.7. The van der Waals surface area contributed by atoms with Crippen molar-refractivity contribution in [1.82, 2.24) is 4.98 Å². The minimum Gasteiger partial charge on any atom is -0.379 e. The number of aromatic nitrogens is 1. The van der Waals surface area contributed by atoms with Gasteiger partial charge in [0.15, 0.2) is 22.3 Å². The number of nitrogens with two attached hydrogens (primary N) is 1. The summed E-state index contributed by atoms with van der Waals surface area (Å²) in [6, 6.07) is 4.16. The summed E-state index contributed by atoms with van der Waals surface area (Å²) in [6.07, 6.45) is -0.216. The van der Waals surface area contributed by atoms with Gasteiger partial charge in [0.25, 0.3) is 11.8 Å². The molecule has 3 N–H and O–H groups in total. The molecule has 42 heavy (non-hydrogen) atoms. The third-order valence-electron chi connectivity index (χ3n) is 8.94. The largest absolute Gasteiger partial charge is 0.379 e. The van der Waals surface area contributed by atoms with E-state index in [4.69, 9.17) is 10.5 Å². The predicted molar refractivity (Wildman–Crippen MR) is 148 cm³/mol. The Kier molecular flexibility index (Phi) is 8.06. The topological polar surface area (TPSA) is 89.6 Å². The summed E-state index contributed by atoms with van der Waals surface area (Å²) in [5, 5.41) is 2.58. The van der Waals surface area contributed by atoms with Crippen LogP contribution in [0.15, 0.2) is 35.5 Å². The molecular weight excluding hydrogens is 582 g/mol. The molecule has 3 heterocycles. The number of halogens is 6. The molecule has 0 radical (unpaired) electrons. The van der Waals surface area contributed by atoms with E-state index in [0.717, 1.165) is 13.0 Å². The van der Waals surface area contributed by atoms with E-state index in [0.29, 0.717) is 24.4 Å². The number of carbonyl (C=O) groups excluding carboxylic acids is 1. The van der Waals surface area contributed by atoms with Gasteiger partial charge in [-0.25, -0.2) is 36.3 Å². The zero-order chi connectivity index (χ0) is 30.6. The molecule has 1 aromatic heterocycles. The van der Waals surface area contributed by atoms with Gasteiger partial charge in [-0.1, -0.05) is 25.6 Å². The van der Waals surface area contributed by atoms with E-state index in [-0.39, 0.29) is 41.8 Å². The zero-order valence-electron chi connectivity index (χ0n) is 23.3. The number of benzene rings is 1. The maximum Gasteiger partial charge on any atom is 0.286 e. The lowest BCUT2D eigenvalue weighted by Crippen LogP contribution is -2.61. The van der Waals surface area contributed by atoms with Gasteiger partial charge >= 0.3 is 0 Å². The van der Waals surface area contributed by atoms with Gasteiger partial charge in [-0.05, 0) is 56.2 Å². The summed E-state index contributed by atoms with van der Waals surface area (Å²) in [4.78, 5) is 20.7. The van der Waals surface area contributed by atoms with Gasteiger partial charge in [0.1, 0.15) is 17.2 Å². The molecule has 0 bridgehead atoms. The number of pyridine rings is 1. The Bertz CT molecular complexity index is 1410. The number of amidine groups is 1. The average Bonchev–Trinajstić information content (AvgIpc) is 2.90. The highest BCUT2D eigenvalue weighted by molar-refractivity contribution is 8.13. The van der Waals surface area contributed by atoms with Crippen molar-refractivity contribution in [2.75, 3.05) is 17.7 Å². The average molecular weight is 615 g/mol. The summed E-state index contributed by atoms with van der Waals surface area (Å²) < 4.78 is 95.6. The van der Waals surface area contributed by atoms with Crippen LogP contribution in [0.25, 0.3) is 0 Å². The maximum absolute atomic E-state index is 15.7. The number of amides is 1. The number of nitrogens with zero attached hydrogens (tertiary/aromatic N) is 2. The summed E-state index contributed by atoms with van der Waals surface area (Å²) >= 11 is 1.21. The van der Waals surface area contributed by atoms with Crippen LogP contribution in [0, 0.1) is 41.1 Å². The number of nitrogens with one attached hydrogen (secondary N) is 1. The van der Waals surface area contributed by atoms with Crippen LogP contribution in [-0.2, 0) is 10.3 Å². The Morgan fingerprint density at radius 2 is 1.90 bits per heavy atom. The monoisotopic (exact) mass is 614 g/mol. The van der Waals surface area contributed by atoms with Crippen molar-refractivity contribution in [1.29, 1.82) is 0 Å². The molecule has 2 aromatic rings. The van der Waals surface area contributed by atoms with E-state index >= 15 is 17.6 Å². The van der Waals surface area contributed by atoms with Crippen LogP contribution in [-0.4, -0.2) is 46.1 Å². The van der Waals surface area contributed by atoms with E-state index in [9.17, 15) is 13.6 Å². The molecule has 1 amide bonds. The van der Waals surface area contributed by atoms with E-state index in [1.54, 1.807) is 0 Å². The highest BCUT2D eigenvalue weighted by atomic mass is 32.2. The highest BCUT2D eigenvalue weighted by Crippen LogP contribution is 2.57. The Hall–Kier alpha value is -2.80. The van der Waals surface area contributed by atoms with E-state index in [1.165, 1.54) is 23.9 Å². The SMILES string of the molecule is CC(C)C1CCC(C)(F)C(F)(F)C1C1CC2CSC(N)=NC2(c2cc(NC(=O)c3ncc(F)cc3F)ccc2F)CO1. The minimum absolute atomic E-state index is 0.00526. The van der Waals surface area contributed by atoms with Crippen LogP contribution in [0.1, 0.15) is 56.1 Å². The van der Waals surface area contributed by atoms with Gasteiger partial charge in [0.05, 0.1) is 24.8 Å². The zero-order valence-corrected chi connectivity index (χ0v) is 24.1. The van der Waals surface area contributed by atoms with E-state index in [2.05, 4.69) is 15.3 Å². The second-order valence-corrected chi connectivity index (χ2v) is 12.9. The molecule has 13 heteroatoms. The second-order valence-electron chi connectivity index (χ2n) is 11.9. The molecule has 6 nitrogen and oxygen atoms in total. The normalized spacial score (nSPS) is 32.7. The summed E-state index contributed by atoms with van der Waals surface area (Å²) in [5.74, 6) is -9.67. The van der Waals surface area contributed by atoms with Crippen molar-refractivity contribution in [2.45, 2.75) is 63.3 Å². The summed E-state index contributed by atoms with van der Waals surface area (Å²) in [6.45, 7) is 4.32. The number of aliphatic imine (C=N–C) groups is 1. The summed E-state index contributed by atoms with van der Waals surface area (Å²) in [7, 11) is 0. The quantitative estimate of drug-likeness (QED) is 0.378. The van der Waals surface area contributed by atoms with Crippen LogP contribution in [0.3, 0.4) is 0 Å². The number of hydrogen-bond acceptors (Lipinski definition) is 6. The number of anilines is 1. The fraction of sp³-hybridized carbons (Fsp3) is 0.552. The molecule has 2 fully saturated rings. The third kappa shape index (κ3) is 5.27. The van der Waals surface area contributed by atoms with Crippen molar-refractivity contribution >= 4 is 28.5 Å². The molecule has 1 aromatic carbocycles. The third-order valence-corrected chi connectivity index (χ3v) is 9.90. The lowest BCUT2D eigenvalue weighted by molar-refractivity contribution is -0.251. The first kappa shape index (κ1) is 30.7. The highest BCUT2D eigenvalue weighted by Gasteiger charge is 2.65. The molecule has 6 atom stereocenters. The van der Waals surface area contributed by atoms with Crippen molar-refractivity contribution < 1.29 is 35.9 Å². The molecule has 0 spiro atoms. The van der Waals surface area contributed by atoms with E-state index < -0.39 is 70.0 Å². The molecule has 1 aliphatic carbocycles. The van der Waals surface area contributed by atoms with Crippen molar-refractivity contribution in [3.8, 4) is 0 Å². The van der Waals surface area contributed by atoms with E-state index in [1.807, 2.05) is 13.8 Å². The van der Waals surface area contributed by atoms with Crippen molar-refractivity contribution in [2.24, 2.45) is 34.4 Å². The van der Waals surface area contributed by atoms with Crippen LogP contribution < -0.4 is 11.1 Å². The predicted octanol–water partition coefficient (Wildman–Crippen LogP) is 6.46. The van der Waals surface area contributed by atoms with Gasteiger partial charge in [-0.2, -0.15) is 0 Å². The fourth-order valence-electron chi connectivity index (χ4n) is 6.61. The lowest BCUT2D eigenvalue weighted by atomic mass is 9.62. The Morgan fingerprint density at radius 3 is 2.60 bits per heavy atom. The number of thioether (sulfide) groups is 1. The number of fused-ring (bicyclic) bond motifs is 1. The van der Waals surface area contributed by atoms with Crippen molar-refractivity contribution in [3.63, 3.8) is 0 Å². The molecule has 1 saturated heterocycles. The number of carbonyl (C=O) groups is 1. The lowest BCUT2D eigenvalue weighted by Gasteiger charge is -2.53. The Balaban J connectivity index is 1.48. The smallest absolute Gasteiger partial charge is 0.286 e. The van der Waals surface area contributed by atoms with Gasteiger partial charge < -0.3 is 15.8 Å². The Morgan fingerprint density at radius 1 is 1.17 bits per heavy atom. The van der Waals surface area contributed by atoms with Gasteiger partial charge in [-0.3, -0.25) is 4.79 Å². The molecule has 6 unspecified atom stereocenters. The summed E-state index contributed by atoms with van der Waals surface area (Å²) in [5.41, 5.74) is 1.38. The van der Waals surface area contributed by atoms with Crippen LogP contribution in [0.5, 0.6) is 0 Å². The molecule has 5 rings (SSSR count). The number of alkyl halides is 3. The van der Waals surface area contributed by atoms with Crippen molar-refractivity contribution in [3.05, 3.63) is 59.2 Å². The Labute approximate surface area is 243 Å². The van der Waals surface area contributed by atoms with Crippen LogP contribution in [0.2, 0.25) is 0 Å². The molecule has 1 saturated carbocycles. The number of hydrogen-bond donors (Lipinski definition) is 2. The standard InChI is InChI=1S/C29H32F6N4O2S/c1-14(2)18-6-7-27(3,33)29(34,35)23(18)22-8-15-12-42-26(36)39-28(15,13-41-22)19-10-17(4-5-20(19)31)38-25(40)24-21(32)9-16(30)11-37-24/h4-5,9-11,14-15,18,22-23H,6-8,12-13H2,1-3H3,(H2,36,39)(H,38,40). The molecule has 2 aliphatic heterocycles. The molecule has 3 aliphatic rings. The number of ether oxygens (including phenoxy) is 1. The van der Waals surface area contributed by atoms with Crippen LogP contribution >= 0.6 is 11.8 Å². The molecule has 228 valence electrons. The van der Waals surface area contributed by atoms with Gasteiger partial charge in [0, 0.05) is 29.0 Å². The molecular formula is C29H32F6N4O2S. The first-order valence-electron chi connectivity index (χ1n) is 13.7. The number of rotatable bonds is 5. The van der Waals surface area contributed by atoms with Gasteiger partial charge in [-0.15, -0.1) is 0 Å². The first-order valence-corrected chi connectivity index (χ1v) is 14.7. The van der Waals surface area contributed by atoms with Crippen LogP contribution in [0.4, 0.5) is 32.0 Å². The van der Waals surface area contributed by atoms with Gasteiger partial charge in [0.2, 0.25) is 0 Å². The maximum atomic E-state index is 15.7. The second kappa shape index (κ2) is 11.0. The minimum atomic E-state index is -3.64.